The number of hydrogen-bond donors (Lipinski definition) is 1. The van der Waals surface area contributed by atoms with Crippen LogP contribution in [0.15, 0.2) is 42.5 Å². The average Bonchev–Trinajstić information content (AvgIpc) is 2.43. The van der Waals surface area contributed by atoms with Crippen LogP contribution in [-0.4, -0.2) is 10.8 Å². The van der Waals surface area contributed by atoms with E-state index in [1.165, 1.54) is 6.07 Å². The van der Waals surface area contributed by atoms with Crippen molar-refractivity contribution in [1.29, 1.82) is 0 Å². The molecule has 0 aliphatic heterocycles. The molecular formula is C16H16N2O3. The van der Waals surface area contributed by atoms with E-state index in [2.05, 4.69) is 5.32 Å². The molecule has 0 atom stereocenters. The summed E-state index contributed by atoms with van der Waals surface area (Å²) in [6.07, 6.45) is -0.0237. The third-order valence-electron chi connectivity index (χ3n) is 3.33. The largest absolute Gasteiger partial charge is 0.326 e. The SMILES string of the molecule is Cc1ccc(NC(=O)Cc2ccccc2[N+](=O)[O-])cc1C. The monoisotopic (exact) mass is 284 g/mol. The lowest BCUT2D eigenvalue weighted by Crippen LogP contribution is -2.15. The van der Waals surface area contributed by atoms with Gasteiger partial charge in [-0.1, -0.05) is 24.3 Å². The smallest absolute Gasteiger partial charge is 0.273 e. The molecule has 5 nitrogen and oxygen atoms in total. The lowest BCUT2D eigenvalue weighted by atomic mass is 10.1. The highest BCUT2D eigenvalue weighted by molar-refractivity contribution is 5.92. The second-order valence-corrected chi connectivity index (χ2v) is 4.91. The van der Waals surface area contributed by atoms with Crippen LogP contribution in [-0.2, 0) is 11.2 Å². The Morgan fingerprint density at radius 1 is 1.14 bits per heavy atom. The second kappa shape index (κ2) is 6.17. The van der Waals surface area contributed by atoms with Crippen molar-refractivity contribution in [1.82, 2.24) is 0 Å². The molecule has 0 bridgehead atoms. The topological polar surface area (TPSA) is 72.2 Å². The molecule has 0 aromatic heterocycles. The van der Waals surface area contributed by atoms with Crippen molar-refractivity contribution >= 4 is 17.3 Å². The fourth-order valence-electron chi connectivity index (χ4n) is 2.04. The number of amides is 1. The van der Waals surface area contributed by atoms with Gasteiger partial charge in [-0.15, -0.1) is 0 Å². The Kier molecular flexibility index (Phi) is 4.33. The van der Waals surface area contributed by atoms with Crippen molar-refractivity contribution in [2.75, 3.05) is 5.32 Å². The van der Waals surface area contributed by atoms with E-state index in [-0.39, 0.29) is 18.0 Å². The Morgan fingerprint density at radius 2 is 1.86 bits per heavy atom. The number of para-hydroxylation sites is 1. The summed E-state index contributed by atoms with van der Waals surface area (Å²) in [6.45, 7) is 3.96. The van der Waals surface area contributed by atoms with Crippen LogP contribution in [0.25, 0.3) is 0 Å². The predicted octanol–water partition coefficient (Wildman–Crippen LogP) is 3.39. The van der Waals surface area contributed by atoms with Gasteiger partial charge in [0.15, 0.2) is 0 Å². The van der Waals surface area contributed by atoms with Gasteiger partial charge in [-0.25, -0.2) is 0 Å². The standard InChI is InChI=1S/C16H16N2O3/c1-11-7-8-14(9-12(11)2)17-16(19)10-13-5-3-4-6-15(13)18(20)21/h3-9H,10H2,1-2H3,(H,17,19). The van der Waals surface area contributed by atoms with Crippen LogP contribution in [0.4, 0.5) is 11.4 Å². The van der Waals surface area contributed by atoms with E-state index >= 15 is 0 Å². The van der Waals surface area contributed by atoms with Gasteiger partial charge in [0, 0.05) is 17.3 Å². The summed E-state index contributed by atoms with van der Waals surface area (Å²) in [6, 6.07) is 11.9. The van der Waals surface area contributed by atoms with Gasteiger partial charge in [0.25, 0.3) is 5.69 Å². The molecule has 0 unspecified atom stereocenters. The highest BCUT2D eigenvalue weighted by Crippen LogP contribution is 2.19. The van der Waals surface area contributed by atoms with Crippen molar-refractivity contribution < 1.29 is 9.72 Å². The summed E-state index contributed by atoms with van der Waals surface area (Å²) in [7, 11) is 0. The average molecular weight is 284 g/mol. The van der Waals surface area contributed by atoms with E-state index in [1.54, 1.807) is 18.2 Å². The molecule has 2 aromatic rings. The number of rotatable bonds is 4. The molecule has 0 saturated heterocycles. The Hall–Kier alpha value is -2.69. The van der Waals surface area contributed by atoms with E-state index in [0.29, 0.717) is 11.3 Å². The summed E-state index contributed by atoms with van der Waals surface area (Å²) in [5.41, 5.74) is 3.29. The molecule has 0 radical (unpaired) electrons. The highest BCUT2D eigenvalue weighted by atomic mass is 16.6. The number of nitrogens with zero attached hydrogens (tertiary/aromatic N) is 1. The van der Waals surface area contributed by atoms with Crippen molar-refractivity contribution in [3.05, 3.63) is 69.3 Å². The molecule has 108 valence electrons. The van der Waals surface area contributed by atoms with Gasteiger partial charge in [0.1, 0.15) is 0 Å². The summed E-state index contributed by atoms with van der Waals surface area (Å²) in [5.74, 6) is -0.271. The van der Waals surface area contributed by atoms with Crippen LogP contribution in [0.3, 0.4) is 0 Å². The van der Waals surface area contributed by atoms with Gasteiger partial charge in [0.2, 0.25) is 5.91 Å². The summed E-state index contributed by atoms with van der Waals surface area (Å²) >= 11 is 0. The number of benzene rings is 2. The molecule has 0 saturated carbocycles. The molecule has 0 aliphatic carbocycles. The molecule has 21 heavy (non-hydrogen) atoms. The molecule has 2 rings (SSSR count). The first-order valence-corrected chi connectivity index (χ1v) is 6.57. The van der Waals surface area contributed by atoms with Crippen molar-refractivity contribution in [3.63, 3.8) is 0 Å². The van der Waals surface area contributed by atoms with Crippen molar-refractivity contribution in [3.8, 4) is 0 Å². The van der Waals surface area contributed by atoms with Crippen LogP contribution in [0, 0.1) is 24.0 Å². The Labute approximate surface area is 122 Å². The Balaban J connectivity index is 2.12. The van der Waals surface area contributed by atoms with E-state index in [4.69, 9.17) is 0 Å². The summed E-state index contributed by atoms with van der Waals surface area (Å²) in [4.78, 5) is 22.5. The van der Waals surface area contributed by atoms with Gasteiger partial charge in [0.05, 0.1) is 11.3 Å². The number of nitro benzene ring substituents is 1. The van der Waals surface area contributed by atoms with Gasteiger partial charge >= 0.3 is 0 Å². The number of aryl methyl sites for hydroxylation is 2. The zero-order valence-electron chi connectivity index (χ0n) is 11.9. The number of nitro groups is 1. The third-order valence-corrected chi connectivity index (χ3v) is 3.33. The fraction of sp³-hybridized carbons (Fsp3) is 0.188. The number of carbonyl (C=O) groups excluding carboxylic acids is 1. The maximum atomic E-state index is 12.0. The van der Waals surface area contributed by atoms with Gasteiger partial charge < -0.3 is 5.32 Å². The van der Waals surface area contributed by atoms with Gasteiger partial charge in [-0.3, -0.25) is 14.9 Å². The lowest BCUT2D eigenvalue weighted by Gasteiger charge is -2.08. The van der Waals surface area contributed by atoms with Crippen LogP contribution in [0.2, 0.25) is 0 Å². The minimum atomic E-state index is -0.474. The molecule has 0 spiro atoms. The van der Waals surface area contributed by atoms with Crippen molar-refractivity contribution in [2.45, 2.75) is 20.3 Å². The lowest BCUT2D eigenvalue weighted by molar-refractivity contribution is -0.385. The zero-order valence-corrected chi connectivity index (χ0v) is 11.9. The second-order valence-electron chi connectivity index (χ2n) is 4.91. The quantitative estimate of drug-likeness (QED) is 0.691. The number of anilines is 1. The number of nitrogens with one attached hydrogen (secondary N) is 1. The normalized spacial score (nSPS) is 10.2. The molecule has 0 aliphatic rings. The maximum Gasteiger partial charge on any atom is 0.273 e. The summed E-state index contributed by atoms with van der Waals surface area (Å²) < 4.78 is 0. The Bertz CT molecular complexity index is 696. The third kappa shape index (κ3) is 3.66. The van der Waals surface area contributed by atoms with Crippen LogP contribution in [0.1, 0.15) is 16.7 Å². The molecular weight excluding hydrogens is 268 g/mol. The fourth-order valence-corrected chi connectivity index (χ4v) is 2.04. The number of carbonyl (C=O) groups is 1. The molecule has 0 fully saturated rings. The van der Waals surface area contributed by atoms with Gasteiger partial charge in [-0.05, 0) is 37.1 Å². The van der Waals surface area contributed by atoms with Crippen LogP contribution >= 0.6 is 0 Å². The van der Waals surface area contributed by atoms with Crippen LogP contribution in [0.5, 0.6) is 0 Å². The van der Waals surface area contributed by atoms with E-state index in [1.807, 2.05) is 32.0 Å². The van der Waals surface area contributed by atoms with E-state index in [0.717, 1.165) is 11.1 Å². The maximum absolute atomic E-state index is 12.0. The highest BCUT2D eigenvalue weighted by Gasteiger charge is 2.15. The van der Waals surface area contributed by atoms with Gasteiger partial charge in [-0.2, -0.15) is 0 Å². The molecule has 5 heteroatoms. The Morgan fingerprint density at radius 3 is 2.52 bits per heavy atom. The predicted molar refractivity (Wildman–Crippen MR) is 81.3 cm³/mol. The molecule has 1 amide bonds. The molecule has 0 heterocycles. The first kappa shape index (κ1) is 14.7. The minimum Gasteiger partial charge on any atom is -0.326 e. The van der Waals surface area contributed by atoms with E-state index in [9.17, 15) is 14.9 Å². The minimum absolute atomic E-state index is 0.0237. The zero-order chi connectivity index (χ0) is 15.4. The van der Waals surface area contributed by atoms with E-state index < -0.39 is 4.92 Å². The molecule has 1 N–H and O–H groups in total. The van der Waals surface area contributed by atoms with Crippen LogP contribution < -0.4 is 5.32 Å². The first-order valence-electron chi connectivity index (χ1n) is 6.57. The number of hydrogen-bond acceptors (Lipinski definition) is 3. The molecule has 2 aromatic carbocycles. The van der Waals surface area contributed by atoms with Crippen molar-refractivity contribution in [2.24, 2.45) is 0 Å². The summed E-state index contributed by atoms with van der Waals surface area (Å²) in [5, 5.41) is 13.7. The first-order chi connectivity index (χ1) is 9.97.